The average molecular weight is 334 g/mol. The number of fused-ring (bicyclic) bond motifs is 1. The normalized spacial score (nSPS) is 10.7. The molecule has 0 fully saturated rings. The molecule has 0 unspecified atom stereocenters. The molecule has 0 radical (unpaired) electrons. The minimum Gasteiger partial charge on any atom is -0.478 e. The molecule has 1 N–H and O–H groups in total. The highest BCUT2D eigenvalue weighted by Gasteiger charge is 2.13. The van der Waals surface area contributed by atoms with Gasteiger partial charge in [-0.05, 0) is 18.2 Å². The van der Waals surface area contributed by atoms with Crippen molar-refractivity contribution in [3.05, 3.63) is 52.8 Å². The van der Waals surface area contributed by atoms with Gasteiger partial charge in [0.05, 0.1) is 6.20 Å². The smallest absolute Gasteiger partial charge is 0.339 e. The first kappa shape index (κ1) is 12.6. The third kappa shape index (κ3) is 2.35. The van der Waals surface area contributed by atoms with Gasteiger partial charge < -0.3 is 9.84 Å². The number of ether oxygens (including phenoxy) is 1. The zero-order valence-corrected chi connectivity index (χ0v) is 11.6. The van der Waals surface area contributed by atoms with Gasteiger partial charge in [0.1, 0.15) is 11.3 Å². The fourth-order valence-electron chi connectivity index (χ4n) is 1.72. The van der Waals surface area contributed by atoms with E-state index in [1.807, 2.05) is 0 Å². The molecule has 2 heterocycles. The van der Waals surface area contributed by atoms with E-state index in [0.29, 0.717) is 16.0 Å². The van der Waals surface area contributed by atoms with Crippen LogP contribution in [0.2, 0.25) is 0 Å². The zero-order valence-electron chi connectivity index (χ0n) is 10.0. The molecule has 0 saturated carbocycles. The molecule has 0 amide bonds. The number of rotatable bonds is 3. The van der Waals surface area contributed by atoms with Gasteiger partial charge >= 0.3 is 5.97 Å². The third-order valence-electron chi connectivity index (χ3n) is 2.62. The van der Waals surface area contributed by atoms with Crippen LogP contribution in [0, 0.1) is 0 Å². The van der Waals surface area contributed by atoms with Gasteiger partial charge in [0.25, 0.3) is 0 Å². The minimum atomic E-state index is -1.06. The second-order valence-electron chi connectivity index (χ2n) is 3.95. The van der Waals surface area contributed by atoms with Crippen LogP contribution in [0.15, 0.2) is 47.2 Å². The summed E-state index contributed by atoms with van der Waals surface area (Å²) in [5.41, 5.74) is 0.686. The van der Waals surface area contributed by atoms with Gasteiger partial charge in [-0.2, -0.15) is 10.1 Å². The van der Waals surface area contributed by atoms with Gasteiger partial charge in [0, 0.05) is 22.8 Å². The molecule has 0 bridgehead atoms. The second-order valence-corrected chi connectivity index (χ2v) is 4.86. The van der Waals surface area contributed by atoms with E-state index in [9.17, 15) is 9.90 Å². The third-order valence-corrected chi connectivity index (χ3v) is 3.11. The maximum Gasteiger partial charge on any atom is 0.339 e. The Hall–Kier alpha value is -2.41. The van der Waals surface area contributed by atoms with Crippen molar-refractivity contribution in [1.29, 1.82) is 0 Å². The number of benzene rings is 1. The van der Waals surface area contributed by atoms with E-state index in [1.165, 1.54) is 6.07 Å². The standard InChI is InChI=1S/C13H8BrN3O3/c14-8-1-2-10(9(7-8)13(18)19)20-12-4-6-17-11(16-12)3-5-15-17/h1-7H,(H,18,19). The molecule has 0 spiro atoms. The summed E-state index contributed by atoms with van der Waals surface area (Å²) >= 11 is 3.23. The minimum absolute atomic E-state index is 0.0644. The molecule has 0 aliphatic rings. The molecule has 6 nitrogen and oxygen atoms in total. The van der Waals surface area contributed by atoms with E-state index >= 15 is 0 Å². The summed E-state index contributed by atoms with van der Waals surface area (Å²) in [6, 6.07) is 8.12. The van der Waals surface area contributed by atoms with Gasteiger partial charge in [-0.3, -0.25) is 0 Å². The molecule has 0 aliphatic carbocycles. The van der Waals surface area contributed by atoms with E-state index in [-0.39, 0.29) is 11.3 Å². The lowest BCUT2D eigenvalue weighted by Gasteiger charge is -2.08. The molecule has 2 aromatic heterocycles. The van der Waals surface area contributed by atoms with Crippen molar-refractivity contribution in [3.63, 3.8) is 0 Å². The summed E-state index contributed by atoms with van der Waals surface area (Å²) in [4.78, 5) is 15.4. The molecule has 0 atom stereocenters. The summed E-state index contributed by atoms with van der Waals surface area (Å²) in [6.45, 7) is 0. The Morgan fingerprint density at radius 2 is 2.15 bits per heavy atom. The van der Waals surface area contributed by atoms with E-state index in [4.69, 9.17) is 4.74 Å². The fraction of sp³-hybridized carbons (Fsp3) is 0. The lowest BCUT2D eigenvalue weighted by Crippen LogP contribution is -2.01. The molecule has 3 aromatic rings. The topological polar surface area (TPSA) is 76.7 Å². The Bertz CT molecular complexity index is 800. The molecule has 20 heavy (non-hydrogen) atoms. The predicted octanol–water partition coefficient (Wildman–Crippen LogP) is 2.98. The summed E-state index contributed by atoms with van der Waals surface area (Å²) in [7, 11) is 0. The summed E-state index contributed by atoms with van der Waals surface area (Å²) in [5, 5.41) is 13.2. The molecule has 7 heteroatoms. The van der Waals surface area contributed by atoms with Crippen molar-refractivity contribution in [3.8, 4) is 11.6 Å². The van der Waals surface area contributed by atoms with Crippen LogP contribution in [0.5, 0.6) is 11.6 Å². The quantitative estimate of drug-likeness (QED) is 0.797. The molecular weight excluding hydrogens is 326 g/mol. The SMILES string of the molecule is O=C(O)c1cc(Br)ccc1Oc1ccn2nccc2n1. The van der Waals surface area contributed by atoms with Crippen LogP contribution in [0.4, 0.5) is 0 Å². The van der Waals surface area contributed by atoms with E-state index < -0.39 is 5.97 Å². The molecule has 3 rings (SSSR count). The highest BCUT2D eigenvalue weighted by atomic mass is 79.9. The number of hydrogen-bond donors (Lipinski definition) is 1. The lowest BCUT2D eigenvalue weighted by atomic mass is 10.2. The van der Waals surface area contributed by atoms with Crippen molar-refractivity contribution >= 4 is 27.5 Å². The highest BCUT2D eigenvalue weighted by molar-refractivity contribution is 9.10. The summed E-state index contributed by atoms with van der Waals surface area (Å²) < 4.78 is 7.81. The van der Waals surface area contributed by atoms with Crippen LogP contribution in [-0.4, -0.2) is 25.7 Å². The number of aromatic carboxylic acids is 1. The van der Waals surface area contributed by atoms with Crippen LogP contribution < -0.4 is 4.74 Å². The second kappa shape index (κ2) is 4.93. The molecule has 100 valence electrons. The highest BCUT2D eigenvalue weighted by Crippen LogP contribution is 2.27. The first-order chi connectivity index (χ1) is 9.63. The average Bonchev–Trinajstić information content (AvgIpc) is 2.88. The number of hydrogen-bond acceptors (Lipinski definition) is 4. The van der Waals surface area contributed by atoms with Crippen LogP contribution >= 0.6 is 15.9 Å². The number of carbonyl (C=O) groups is 1. The van der Waals surface area contributed by atoms with Gasteiger partial charge in [0.2, 0.25) is 5.88 Å². The zero-order chi connectivity index (χ0) is 14.1. The number of aromatic nitrogens is 3. The number of halogens is 1. The molecule has 1 aromatic carbocycles. The molecular formula is C13H8BrN3O3. The Kier molecular flexibility index (Phi) is 3.11. The Morgan fingerprint density at radius 1 is 1.30 bits per heavy atom. The van der Waals surface area contributed by atoms with Gasteiger partial charge in [-0.15, -0.1) is 0 Å². The Morgan fingerprint density at radius 3 is 2.95 bits per heavy atom. The van der Waals surface area contributed by atoms with Crippen LogP contribution in [0.25, 0.3) is 5.65 Å². The lowest BCUT2D eigenvalue weighted by molar-refractivity contribution is 0.0694. The van der Waals surface area contributed by atoms with Crippen molar-refractivity contribution in [2.45, 2.75) is 0 Å². The van der Waals surface area contributed by atoms with E-state index in [2.05, 4.69) is 26.0 Å². The monoisotopic (exact) mass is 333 g/mol. The first-order valence-electron chi connectivity index (χ1n) is 5.64. The van der Waals surface area contributed by atoms with Gasteiger partial charge in [-0.1, -0.05) is 15.9 Å². The van der Waals surface area contributed by atoms with Crippen molar-refractivity contribution in [2.75, 3.05) is 0 Å². The largest absolute Gasteiger partial charge is 0.478 e. The fourth-order valence-corrected chi connectivity index (χ4v) is 2.08. The molecule has 0 aliphatic heterocycles. The van der Waals surface area contributed by atoms with Crippen LogP contribution in [0.3, 0.4) is 0 Å². The van der Waals surface area contributed by atoms with Crippen LogP contribution in [0.1, 0.15) is 10.4 Å². The van der Waals surface area contributed by atoms with Gasteiger partial charge in [-0.25, -0.2) is 9.31 Å². The first-order valence-corrected chi connectivity index (χ1v) is 6.44. The maximum absolute atomic E-state index is 11.2. The summed E-state index contributed by atoms with van der Waals surface area (Å²) in [5.74, 6) is -0.522. The van der Waals surface area contributed by atoms with Gasteiger partial charge in [0.15, 0.2) is 5.65 Å². The summed E-state index contributed by atoms with van der Waals surface area (Å²) in [6.07, 6.45) is 3.31. The van der Waals surface area contributed by atoms with Crippen molar-refractivity contribution in [1.82, 2.24) is 14.6 Å². The van der Waals surface area contributed by atoms with Crippen LogP contribution in [-0.2, 0) is 0 Å². The van der Waals surface area contributed by atoms with Crippen molar-refractivity contribution in [2.24, 2.45) is 0 Å². The maximum atomic E-state index is 11.2. The number of carboxylic acids is 1. The van der Waals surface area contributed by atoms with Crippen molar-refractivity contribution < 1.29 is 14.6 Å². The molecule has 0 saturated heterocycles. The Labute approximate surface area is 121 Å². The van der Waals surface area contributed by atoms with E-state index in [0.717, 1.165) is 0 Å². The Balaban J connectivity index is 1.99. The number of carboxylic acid groups (broad SMARTS) is 1. The number of nitrogens with zero attached hydrogens (tertiary/aromatic N) is 3. The van der Waals surface area contributed by atoms with E-state index in [1.54, 1.807) is 41.2 Å². The predicted molar refractivity (Wildman–Crippen MR) is 74.2 cm³/mol.